The van der Waals surface area contributed by atoms with Crippen molar-refractivity contribution >= 4 is 5.96 Å². The quantitative estimate of drug-likeness (QED) is 0.431. The molecule has 4 heteroatoms. The van der Waals surface area contributed by atoms with Crippen LogP contribution in [0.1, 0.15) is 51.2 Å². The molecular weight excluding hydrogens is 298 g/mol. The first-order valence-corrected chi connectivity index (χ1v) is 9.44. The zero-order chi connectivity index (χ0) is 17.6. The number of hydrogen-bond donors (Lipinski definition) is 3. The van der Waals surface area contributed by atoms with Crippen molar-refractivity contribution in [3.8, 4) is 0 Å². The maximum Gasteiger partial charge on any atom is 0.191 e. The smallest absolute Gasteiger partial charge is 0.191 e. The van der Waals surface area contributed by atoms with Gasteiger partial charge in [-0.3, -0.25) is 4.99 Å². The van der Waals surface area contributed by atoms with Gasteiger partial charge in [0.25, 0.3) is 0 Å². The number of rotatable bonds is 11. The zero-order valence-corrected chi connectivity index (χ0v) is 15.6. The summed E-state index contributed by atoms with van der Waals surface area (Å²) in [6, 6.07) is 8.84. The zero-order valence-electron chi connectivity index (χ0n) is 15.6. The van der Waals surface area contributed by atoms with E-state index in [0.29, 0.717) is 5.92 Å². The molecule has 0 bridgehead atoms. The Bertz CT molecular complexity index is 450. The van der Waals surface area contributed by atoms with Crippen LogP contribution in [0.3, 0.4) is 0 Å². The van der Waals surface area contributed by atoms with Gasteiger partial charge in [0.2, 0.25) is 0 Å². The monoisotopic (exact) mass is 333 g/mol. The van der Waals surface area contributed by atoms with Gasteiger partial charge in [0, 0.05) is 26.2 Å². The van der Waals surface area contributed by atoms with Crippen molar-refractivity contribution in [3.63, 3.8) is 0 Å². The van der Waals surface area contributed by atoms with Crippen LogP contribution >= 0.6 is 0 Å². The van der Waals surface area contributed by atoms with Crippen LogP contribution in [0, 0.1) is 5.92 Å². The highest BCUT2D eigenvalue weighted by atomic mass is 16.3. The first kappa shape index (κ1) is 20.5. The van der Waals surface area contributed by atoms with Crippen molar-refractivity contribution < 1.29 is 5.11 Å². The summed E-state index contributed by atoms with van der Waals surface area (Å²) in [5.41, 5.74) is 2.73. The molecule has 1 unspecified atom stereocenters. The number of benzene rings is 1. The van der Waals surface area contributed by atoms with Gasteiger partial charge in [-0.2, -0.15) is 0 Å². The molecular formula is C20H35N3O. The molecule has 0 fully saturated rings. The third-order valence-electron chi connectivity index (χ3n) is 4.22. The van der Waals surface area contributed by atoms with Gasteiger partial charge < -0.3 is 15.7 Å². The molecule has 136 valence electrons. The summed E-state index contributed by atoms with van der Waals surface area (Å²) in [6.45, 7) is 9.19. The van der Waals surface area contributed by atoms with E-state index in [2.05, 4.69) is 55.7 Å². The van der Waals surface area contributed by atoms with Crippen LogP contribution in [0.2, 0.25) is 0 Å². The molecule has 0 heterocycles. The summed E-state index contributed by atoms with van der Waals surface area (Å²) in [4.78, 5) is 4.69. The van der Waals surface area contributed by atoms with Gasteiger partial charge in [-0.1, -0.05) is 44.5 Å². The third-order valence-corrected chi connectivity index (χ3v) is 4.22. The molecule has 1 atom stereocenters. The average Bonchev–Trinajstić information content (AvgIpc) is 2.60. The van der Waals surface area contributed by atoms with Crippen LogP contribution in [0.4, 0.5) is 0 Å². The first-order chi connectivity index (χ1) is 11.7. The van der Waals surface area contributed by atoms with Crippen LogP contribution < -0.4 is 10.6 Å². The number of guanidine groups is 1. The second-order valence-electron chi connectivity index (χ2n) is 6.23. The highest BCUT2D eigenvalue weighted by molar-refractivity contribution is 5.79. The molecule has 1 aromatic rings. The highest BCUT2D eigenvalue weighted by Gasteiger charge is 2.07. The Kier molecular flexibility index (Phi) is 10.9. The van der Waals surface area contributed by atoms with Crippen molar-refractivity contribution in [2.45, 2.75) is 52.9 Å². The number of hydrogen-bond acceptors (Lipinski definition) is 2. The molecule has 0 amide bonds. The Morgan fingerprint density at radius 3 is 2.33 bits per heavy atom. The Labute approximate surface area is 147 Å². The van der Waals surface area contributed by atoms with Crippen LogP contribution in [0.15, 0.2) is 29.3 Å². The molecule has 0 aromatic heterocycles. The topological polar surface area (TPSA) is 56.7 Å². The van der Waals surface area contributed by atoms with Gasteiger partial charge in [-0.15, -0.1) is 0 Å². The fourth-order valence-corrected chi connectivity index (χ4v) is 2.75. The minimum atomic E-state index is 0.248. The van der Waals surface area contributed by atoms with Crippen molar-refractivity contribution in [1.82, 2.24) is 10.6 Å². The fraction of sp³-hybridized carbons (Fsp3) is 0.650. The van der Waals surface area contributed by atoms with Crippen LogP contribution in [0.5, 0.6) is 0 Å². The molecule has 4 nitrogen and oxygen atoms in total. The molecule has 0 saturated heterocycles. The van der Waals surface area contributed by atoms with Crippen molar-refractivity contribution in [2.75, 3.05) is 26.2 Å². The lowest BCUT2D eigenvalue weighted by molar-refractivity contribution is 0.253. The predicted molar refractivity (Wildman–Crippen MR) is 104 cm³/mol. The molecule has 0 aliphatic rings. The molecule has 3 N–H and O–H groups in total. The molecule has 0 aliphatic heterocycles. The molecule has 0 spiro atoms. The highest BCUT2D eigenvalue weighted by Crippen LogP contribution is 2.11. The third kappa shape index (κ3) is 8.34. The fourth-order valence-electron chi connectivity index (χ4n) is 2.75. The summed E-state index contributed by atoms with van der Waals surface area (Å²) in [7, 11) is 0. The predicted octanol–water partition coefficient (Wildman–Crippen LogP) is 3.15. The van der Waals surface area contributed by atoms with Crippen molar-refractivity contribution in [3.05, 3.63) is 35.4 Å². The van der Waals surface area contributed by atoms with E-state index in [1.165, 1.54) is 11.1 Å². The van der Waals surface area contributed by atoms with Crippen molar-refractivity contribution in [2.24, 2.45) is 10.9 Å². The van der Waals surface area contributed by atoms with Gasteiger partial charge in [0.1, 0.15) is 0 Å². The second-order valence-corrected chi connectivity index (χ2v) is 6.23. The van der Waals surface area contributed by atoms with E-state index in [0.717, 1.165) is 57.7 Å². The van der Waals surface area contributed by atoms with Crippen LogP contribution in [-0.2, 0) is 12.8 Å². The van der Waals surface area contributed by atoms with E-state index in [4.69, 9.17) is 10.1 Å². The molecule has 1 rings (SSSR count). The Hall–Kier alpha value is -1.55. The summed E-state index contributed by atoms with van der Waals surface area (Å²) in [6.07, 6.45) is 5.16. The Balaban J connectivity index is 2.46. The minimum absolute atomic E-state index is 0.248. The number of aryl methyl sites for hydroxylation is 1. The molecule has 0 aliphatic carbocycles. The van der Waals surface area contributed by atoms with Gasteiger partial charge >= 0.3 is 0 Å². The van der Waals surface area contributed by atoms with Crippen molar-refractivity contribution in [1.29, 1.82) is 0 Å². The molecule has 24 heavy (non-hydrogen) atoms. The second kappa shape index (κ2) is 12.8. The van der Waals surface area contributed by atoms with E-state index in [-0.39, 0.29) is 6.61 Å². The SMILES string of the molecule is CCCC(CCO)CN=C(NCC)NCCc1ccc(CC)cc1. The normalized spacial score (nSPS) is 12.9. The summed E-state index contributed by atoms with van der Waals surface area (Å²) in [5.74, 6) is 1.35. The molecule has 1 aromatic carbocycles. The van der Waals surface area contributed by atoms with Gasteiger partial charge in [0.05, 0.1) is 0 Å². The van der Waals surface area contributed by atoms with Crippen LogP contribution in [-0.4, -0.2) is 37.3 Å². The maximum atomic E-state index is 9.16. The Morgan fingerprint density at radius 1 is 1.04 bits per heavy atom. The number of aliphatic imine (C=N–C) groups is 1. The lowest BCUT2D eigenvalue weighted by atomic mass is 10.0. The molecule has 0 saturated carbocycles. The standard InChI is InChI=1S/C20H35N3O/c1-4-7-19(13-15-24)16-23-20(21-6-3)22-14-12-18-10-8-17(5-2)9-11-18/h8-11,19,24H,4-7,12-16H2,1-3H3,(H2,21,22,23). The van der Waals surface area contributed by atoms with E-state index >= 15 is 0 Å². The van der Waals surface area contributed by atoms with E-state index in [1.807, 2.05) is 0 Å². The number of nitrogens with one attached hydrogen (secondary N) is 2. The van der Waals surface area contributed by atoms with Gasteiger partial charge in [-0.25, -0.2) is 0 Å². The number of nitrogens with zero attached hydrogens (tertiary/aromatic N) is 1. The summed E-state index contributed by atoms with van der Waals surface area (Å²) < 4.78 is 0. The summed E-state index contributed by atoms with van der Waals surface area (Å²) in [5, 5.41) is 15.9. The average molecular weight is 334 g/mol. The largest absolute Gasteiger partial charge is 0.396 e. The molecule has 0 radical (unpaired) electrons. The number of aliphatic hydroxyl groups is 1. The number of aliphatic hydroxyl groups excluding tert-OH is 1. The minimum Gasteiger partial charge on any atom is -0.396 e. The van der Waals surface area contributed by atoms with Crippen LogP contribution in [0.25, 0.3) is 0 Å². The Morgan fingerprint density at radius 2 is 1.75 bits per heavy atom. The lowest BCUT2D eigenvalue weighted by Gasteiger charge is -2.15. The maximum absolute atomic E-state index is 9.16. The van der Waals surface area contributed by atoms with E-state index in [1.54, 1.807) is 0 Å². The lowest BCUT2D eigenvalue weighted by Crippen LogP contribution is -2.38. The first-order valence-electron chi connectivity index (χ1n) is 9.44. The van der Waals surface area contributed by atoms with E-state index in [9.17, 15) is 0 Å². The van der Waals surface area contributed by atoms with E-state index < -0.39 is 0 Å². The van der Waals surface area contributed by atoms with Gasteiger partial charge in [-0.05, 0) is 49.7 Å². The van der Waals surface area contributed by atoms with Gasteiger partial charge in [0.15, 0.2) is 5.96 Å². The summed E-state index contributed by atoms with van der Waals surface area (Å²) >= 11 is 0.